The maximum Gasteiger partial charge on any atom is 0.271 e. The largest absolute Gasteiger partial charge is 0.333 e. The molecule has 0 spiro atoms. The summed E-state index contributed by atoms with van der Waals surface area (Å²) in [6.45, 7) is 1.88. The van der Waals surface area contributed by atoms with Gasteiger partial charge < -0.3 is 4.90 Å². The molecule has 0 fully saturated rings. The maximum absolute atomic E-state index is 13.0. The van der Waals surface area contributed by atoms with Crippen LogP contribution in [0.5, 0.6) is 0 Å². The first kappa shape index (κ1) is 19.0. The maximum atomic E-state index is 13.0. The molecule has 3 heterocycles. The van der Waals surface area contributed by atoms with Crippen LogP contribution in [0.15, 0.2) is 71.9 Å². The number of rotatable bonds is 5. The molecule has 29 heavy (non-hydrogen) atoms. The molecular formula is C22H20N4O2S. The van der Waals surface area contributed by atoms with Gasteiger partial charge in [0.05, 0.1) is 11.7 Å². The van der Waals surface area contributed by atoms with E-state index in [-0.39, 0.29) is 23.1 Å². The number of aromatic nitrogens is 3. The summed E-state index contributed by atoms with van der Waals surface area (Å²) < 4.78 is 1.47. The number of hydrogen-bond donors (Lipinski definition) is 0. The van der Waals surface area contributed by atoms with Crippen LogP contribution in [0.1, 0.15) is 39.5 Å². The normalized spacial score (nSPS) is 12.1. The summed E-state index contributed by atoms with van der Waals surface area (Å²) in [5, 5.41) is 0. The predicted molar refractivity (Wildman–Crippen MR) is 113 cm³/mol. The van der Waals surface area contributed by atoms with Gasteiger partial charge in [0.15, 0.2) is 4.96 Å². The summed E-state index contributed by atoms with van der Waals surface area (Å²) in [7, 11) is 1.67. The lowest BCUT2D eigenvalue weighted by Crippen LogP contribution is -2.35. The van der Waals surface area contributed by atoms with E-state index in [9.17, 15) is 9.59 Å². The Labute approximate surface area is 172 Å². The van der Waals surface area contributed by atoms with Gasteiger partial charge in [0.25, 0.3) is 11.5 Å². The van der Waals surface area contributed by atoms with E-state index in [1.54, 1.807) is 19.4 Å². The minimum Gasteiger partial charge on any atom is -0.333 e. The van der Waals surface area contributed by atoms with E-state index in [4.69, 9.17) is 0 Å². The fraction of sp³-hybridized carbons (Fsp3) is 0.182. The van der Waals surface area contributed by atoms with Gasteiger partial charge in [0, 0.05) is 36.9 Å². The number of thiazole rings is 1. The molecule has 4 rings (SSSR count). The second kappa shape index (κ2) is 7.97. The summed E-state index contributed by atoms with van der Waals surface area (Å²) in [6, 6.07) is 15.3. The van der Waals surface area contributed by atoms with Crippen molar-refractivity contribution in [2.24, 2.45) is 0 Å². The highest BCUT2D eigenvalue weighted by atomic mass is 32.1. The van der Waals surface area contributed by atoms with E-state index in [2.05, 4.69) is 9.97 Å². The summed E-state index contributed by atoms with van der Waals surface area (Å²) >= 11 is 1.46. The van der Waals surface area contributed by atoms with Crippen molar-refractivity contribution in [2.45, 2.75) is 19.4 Å². The Morgan fingerprint density at radius 3 is 2.62 bits per heavy atom. The minimum absolute atomic E-state index is 0.0526. The number of carbonyl (C=O) groups is 1. The number of nitrogens with zero attached hydrogens (tertiary/aromatic N) is 4. The van der Waals surface area contributed by atoms with E-state index in [0.717, 1.165) is 16.1 Å². The van der Waals surface area contributed by atoms with Gasteiger partial charge in [0.2, 0.25) is 0 Å². The molecule has 1 atom stereocenters. The van der Waals surface area contributed by atoms with Crippen molar-refractivity contribution in [3.63, 3.8) is 0 Å². The molecule has 6 nitrogen and oxygen atoms in total. The molecule has 0 N–H and O–H groups in total. The summed E-state index contributed by atoms with van der Waals surface area (Å²) in [5.41, 5.74) is 1.62. The Bertz CT molecular complexity index is 1200. The predicted octanol–water partition coefficient (Wildman–Crippen LogP) is 3.58. The highest BCUT2D eigenvalue weighted by molar-refractivity contribution is 7.17. The third-order valence-electron chi connectivity index (χ3n) is 4.92. The van der Waals surface area contributed by atoms with E-state index < -0.39 is 0 Å². The van der Waals surface area contributed by atoms with Crippen molar-refractivity contribution in [3.05, 3.63) is 99.2 Å². The number of benzene rings is 1. The number of pyridine rings is 1. The second-order valence-electron chi connectivity index (χ2n) is 6.84. The second-order valence-corrected chi connectivity index (χ2v) is 7.93. The molecule has 7 heteroatoms. The zero-order valence-corrected chi connectivity index (χ0v) is 17.0. The molecular weight excluding hydrogens is 384 g/mol. The van der Waals surface area contributed by atoms with E-state index in [0.29, 0.717) is 11.4 Å². The molecule has 4 aromatic rings. The van der Waals surface area contributed by atoms with Gasteiger partial charge in [-0.05, 0) is 24.6 Å². The van der Waals surface area contributed by atoms with Gasteiger partial charge in [-0.2, -0.15) is 0 Å². The molecule has 0 saturated carbocycles. The number of amides is 1. The van der Waals surface area contributed by atoms with Crippen LogP contribution >= 0.6 is 11.3 Å². The van der Waals surface area contributed by atoms with Crippen LogP contribution < -0.4 is 5.56 Å². The number of hydrogen-bond acceptors (Lipinski definition) is 5. The molecule has 0 aliphatic rings. The molecule has 1 unspecified atom stereocenters. The highest BCUT2D eigenvalue weighted by Crippen LogP contribution is 2.20. The molecule has 0 aliphatic heterocycles. The summed E-state index contributed by atoms with van der Waals surface area (Å²) in [5.74, 6) is -0.370. The lowest BCUT2D eigenvalue weighted by Gasteiger charge is -2.24. The number of carbonyl (C=O) groups excluding carboxylic acids is 1. The smallest absolute Gasteiger partial charge is 0.271 e. The zero-order valence-electron chi connectivity index (χ0n) is 16.1. The molecule has 3 aromatic heterocycles. The number of fused-ring (bicyclic) bond motifs is 1. The molecule has 1 aromatic carbocycles. The first-order valence-corrected chi connectivity index (χ1v) is 10.1. The molecule has 0 aliphatic carbocycles. The van der Waals surface area contributed by atoms with Crippen LogP contribution in [0, 0.1) is 0 Å². The van der Waals surface area contributed by atoms with E-state index in [1.807, 2.05) is 55.5 Å². The molecule has 1 amide bonds. The van der Waals surface area contributed by atoms with Gasteiger partial charge >= 0.3 is 0 Å². The molecule has 0 saturated heterocycles. The molecule has 146 valence electrons. The van der Waals surface area contributed by atoms with Crippen molar-refractivity contribution in [2.75, 3.05) is 7.05 Å². The van der Waals surface area contributed by atoms with Crippen molar-refractivity contribution in [3.8, 4) is 0 Å². The Kier molecular flexibility index (Phi) is 5.22. The van der Waals surface area contributed by atoms with Crippen molar-refractivity contribution < 1.29 is 4.79 Å². The Morgan fingerprint density at radius 2 is 1.90 bits per heavy atom. The third-order valence-corrected chi connectivity index (χ3v) is 5.92. The van der Waals surface area contributed by atoms with Crippen LogP contribution in [0.2, 0.25) is 0 Å². The van der Waals surface area contributed by atoms with Gasteiger partial charge in [-0.15, -0.1) is 11.3 Å². The van der Waals surface area contributed by atoms with Crippen molar-refractivity contribution in [1.29, 1.82) is 0 Å². The van der Waals surface area contributed by atoms with Crippen LogP contribution in [0.4, 0.5) is 0 Å². The first-order chi connectivity index (χ1) is 14.0. The lowest BCUT2D eigenvalue weighted by molar-refractivity contribution is 0.0737. The van der Waals surface area contributed by atoms with Crippen LogP contribution in [-0.4, -0.2) is 32.2 Å². The van der Waals surface area contributed by atoms with E-state index in [1.165, 1.54) is 26.8 Å². The van der Waals surface area contributed by atoms with Gasteiger partial charge in [0.1, 0.15) is 5.56 Å². The fourth-order valence-corrected chi connectivity index (χ4v) is 4.11. The average molecular weight is 404 g/mol. The SMILES string of the molecule is CC(c1ccccn1)N(C)C(=O)c1cnc2sc(Cc3ccccc3)cn2c1=O. The van der Waals surface area contributed by atoms with Crippen molar-refractivity contribution in [1.82, 2.24) is 19.3 Å². The topological polar surface area (TPSA) is 67.6 Å². The van der Waals surface area contributed by atoms with Gasteiger partial charge in [-0.25, -0.2) is 4.98 Å². The highest BCUT2D eigenvalue weighted by Gasteiger charge is 2.23. The first-order valence-electron chi connectivity index (χ1n) is 9.26. The standard InChI is InChI=1S/C22H20N4O2S/c1-15(19-10-6-7-11-23-19)25(2)20(27)18-13-24-22-26(21(18)28)14-17(29-22)12-16-8-4-3-5-9-16/h3-11,13-15H,12H2,1-2H3. The lowest BCUT2D eigenvalue weighted by atomic mass is 10.1. The summed E-state index contributed by atoms with van der Waals surface area (Å²) in [6.07, 6.45) is 5.56. The Hall–Kier alpha value is -3.32. The molecule has 0 radical (unpaired) electrons. The molecule has 0 bridgehead atoms. The Balaban J connectivity index is 1.63. The van der Waals surface area contributed by atoms with Crippen LogP contribution in [-0.2, 0) is 6.42 Å². The average Bonchev–Trinajstić information content (AvgIpc) is 3.17. The zero-order chi connectivity index (χ0) is 20.4. The van der Waals surface area contributed by atoms with Gasteiger partial charge in [-0.3, -0.25) is 19.0 Å². The van der Waals surface area contributed by atoms with Gasteiger partial charge in [-0.1, -0.05) is 36.4 Å². The van der Waals surface area contributed by atoms with Crippen molar-refractivity contribution >= 4 is 22.2 Å². The summed E-state index contributed by atoms with van der Waals surface area (Å²) in [4.78, 5) is 37.7. The van der Waals surface area contributed by atoms with E-state index >= 15 is 0 Å². The Morgan fingerprint density at radius 1 is 1.14 bits per heavy atom. The fourth-order valence-electron chi connectivity index (χ4n) is 3.14. The minimum atomic E-state index is -0.370. The quantitative estimate of drug-likeness (QED) is 0.510. The van der Waals surface area contributed by atoms with Crippen LogP contribution in [0.3, 0.4) is 0 Å². The third kappa shape index (κ3) is 3.82. The monoisotopic (exact) mass is 404 g/mol. The van der Waals surface area contributed by atoms with Crippen LogP contribution in [0.25, 0.3) is 4.96 Å².